The van der Waals surface area contributed by atoms with Gasteiger partial charge >= 0.3 is 0 Å². The molecular formula is C5H7IN2O. The maximum atomic E-state index is 5.01. The Kier molecular flexibility index (Phi) is 1.94. The van der Waals surface area contributed by atoms with Gasteiger partial charge in [-0.3, -0.25) is 0 Å². The van der Waals surface area contributed by atoms with E-state index in [1.165, 1.54) is 0 Å². The van der Waals surface area contributed by atoms with Crippen molar-refractivity contribution in [2.45, 2.75) is 0 Å². The lowest BCUT2D eigenvalue weighted by atomic mass is 10.8. The van der Waals surface area contributed by atoms with Crippen LogP contribution in [0.1, 0.15) is 0 Å². The minimum atomic E-state index is 0.815. The van der Waals surface area contributed by atoms with Gasteiger partial charge in [-0.1, -0.05) is 0 Å². The fourth-order valence-electron chi connectivity index (χ4n) is 0.619. The van der Waals surface area contributed by atoms with Crippen LogP contribution >= 0.6 is 22.6 Å². The molecule has 1 heterocycles. The zero-order chi connectivity index (χ0) is 6.85. The highest BCUT2D eigenvalue weighted by molar-refractivity contribution is 14.1. The number of hydrogen-bond acceptors (Lipinski definition) is 2. The predicted molar refractivity (Wildman–Crippen MR) is 42.5 cm³/mol. The second-order valence-corrected chi connectivity index (χ2v) is 2.68. The van der Waals surface area contributed by atoms with Gasteiger partial charge in [0.05, 0.1) is 13.4 Å². The molecule has 0 unspecified atom stereocenters. The maximum absolute atomic E-state index is 5.01. The summed E-state index contributed by atoms with van der Waals surface area (Å²) < 4.78 is 7.74. The van der Waals surface area contributed by atoms with Gasteiger partial charge in [-0.05, 0) is 22.6 Å². The van der Waals surface area contributed by atoms with E-state index in [4.69, 9.17) is 4.74 Å². The number of nitrogens with zero attached hydrogens (tertiary/aromatic N) is 2. The van der Waals surface area contributed by atoms with Crippen LogP contribution in [0, 0.1) is 3.70 Å². The van der Waals surface area contributed by atoms with Gasteiger partial charge in [0, 0.05) is 7.05 Å². The minimum Gasteiger partial charge on any atom is -0.480 e. The third-order valence-corrected chi connectivity index (χ3v) is 1.77. The lowest BCUT2D eigenvalue weighted by Crippen LogP contribution is -1.92. The van der Waals surface area contributed by atoms with E-state index in [2.05, 4.69) is 27.6 Å². The molecule has 0 aliphatic rings. The number of aryl methyl sites for hydroxylation is 1. The summed E-state index contributed by atoms with van der Waals surface area (Å²) in [4.78, 5) is 4.01. The van der Waals surface area contributed by atoms with Crippen LogP contribution in [0.5, 0.6) is 5.88 Å². The minimum absolute atomic E-state index is 0.815. The first-order valence-electron chi connectivity index (χ1n) is 2.46. The van der Waals surface area contributed by atoms with E-state index in [-0.39, 0.29) is 0 Å². The fraction of sp³-hybridized carbons (Fsp3) is 0.400. The summed E-state index contributed by atoms with van der Waals surface area (Å²) in [7, 11) is 3.53. The number of methoxy groups -OCH3 is 1. The second-order valence-electron chi connectivity index (χ2n) is 1.66. The third-order valence-electron chi connectivity index (χ3n) is 1.03. The Bertz CT molecular complexity index is 189. The summed E-state index contributed by atoms with van der Waals surface area (Å²) in [6, 6.07) is 0. The van der Waals surface area contributed by atoms with Crippen LogP contribution in [0.3, 0.4) is 0 Å². The average molecular weight is 238 g/mol. The zero-order valence-electron chi connectivity index (χ0n) is 5.26. The van der Waals surface area contributed by atoms with Crippen molar-refractivity contribution in [3.8, 4) is 5.88 Å². The third kappa shape index (κ3) is 1.17. The van der Waals surface area contributed by atoms with Crippen molar-refractivity contribution >= 4 is 22.6 Å². The molecule has 0 aromatic carbocycles. The highest BCUT2D eigenvalue weighted by Gasteiger charge is 2.02. The van der Waals surface area contributed by atoms with Crippen molar-refractivity contribution in [3.05, 3.63) is 10.0 Å². The lowest BCUT2D eigenvalue weighted by Gasteiger charge is -1.97. The van der Waals surface area contributed by atoms with Crippen molar-refractivity contribution in [2.75, 3.05) is 7.11 Å². The molecule has 0 radical (unpaired) electrons. The summed E-state index contributed by atoms with van der Waals surface area (Å²) in [5.74, 6) is 0.815. The molecule has 0 saturated heterocycles. The van der Waals surface area contributed by atoms with Gasteiger partial charge in [-0.15, -0.1) is 0 Å². The zero-order valence-corrected chi connectivity index (χ0v) is 7.42. The van der Waals surface area contributed by atoms with E-state index in [9.17, 15) is 0 Å². The Balaban J connectivity index is 3.07. The monoisotopic (exact) mass is 238 g/mol. The molecule has 1 rings (SSSR count). The summed E-state index contributed by atoms with van der Waals surface area (Å²) in [6.07, 6.45) is 1.72. The summed E-state index contributed by atoms with van der Waals surface area (Å²) >= 11 is 2.12. The molecule has 1 aromatic rings. The molecule has 0 bridgehead atoms. The molecular weight excluding hydrogens is 231 g/mol. The molecule has 0 saturated carbocycles. The van der Waals surface area contributed by atoms with E-state index in [0.717, 1.165) is 9.58 Å². The number of ether oxygens (including phenoxy) is 1. The average Bonchev–Trinajstić information content (AvgIpc) is 2.12. The quantitative estimate of drug-likeness (QED) is 0.683. The molecule has 0 aliphatic heterocycles. The van der Waals surface area contributed by atoms with Crippen LogP contribution in [0.15, 0.2) is 6.33 Å². The Morgan fingerprint density at radius 1 is 1.78 bits per heavy atom. The SMILES string of the molecule is COc1c(I)ncn1C. The number of rotatable bonds is 1. The van der Waals surface area contributed by atoms with E-state index >= 15 is 0 Å². The molecule has 0 amide bonds. The van der Waals surface area contributed by atoms with Gasteiger partial charge in [0.1, 0.15) is 0 Å². The molecule has 0 N–H and O–H groups in total. The summed E-state index contributed by atoms with van der Waals surface area (Å²) in [5, 5.41) is 0. The smallest absolute Gasteiger partial charge is 0.227 e. The number of imidazole rings is 1. The highest BCUT2D eigenvalue weighted by Crippen LogP contribution is 2.16. The number of aromatic nitrogens is 2. The van der Waals surface area contributed by atoms with Crippen molar-refractivity contribution in [1.29, 1.82) is 0 Å². The van der Waals surface area contributed by atoms with Crippen LogP contribution < -0.4 is 4.74 Å². The maximum Gasteiger partial charge on any atom is 0.227 e. The molecule has 9 heavy (non-hydrogen) atoms. The molecule has 3 nitrogen and oxygen atoms in total. The lowest BCUT2D eigenvalue weighted by molar-refractivity contribution is 0.379. The van der Waals surface area contributed by atoms with E-state index < -0.39 is 0 Å². The molecule has 50 valence electrons. The molecule has 0 fully saturated rings. The largest absolute Gasteiger partial charge is 0.480 e. The molecule has 4 heteroatoms. The Hall–Kier alpha value is -0.260. The van der Waals surface area contributed by atoms with Gasteiger partial charge in [0.2, 0.25) is 5.88 Å². The van der Waals surface area contributed by atoms with Crippen LogP contribution in [0.4, 0.5) is 0 Å². The Labute approximate surface area is 67.2 Å². The van der Waals surface area contributed by atoms with Crippen LogP contribution in [0.2, 0.25) is 0 Å². The molecule has 0 atom stereocenters. The summed E-state index contributed by atoms with van der Waals surface area (Å²) in [5.41, 5.74) is 0. The topological polar surface area (TPSA) is 27.1 Å². The van der Waals surface area contributed by atoms with Gasteiger partial charge in [-0.2, -0.15) is 0 Å². The van der Waals surface area contributed by atoms with Crippen molar-refractivity contribution < 1.29 is 4.74 Å². The fourth-order valence-corrected chi connectivity index (χ4v) is 1.34. The predicted octanol–water partition coefficient (Wildman–Crippen LogP) is 1.03. The molecule has 0 aliphatic carbocycles. The van der Waals surface area contributed by atoms with Gasteiger partial charge in [0.15, 0.2) is 3.70 Å². The van der Waals surface area contributed by atoms with Crippen LogP contribution in [-0.2, 0) is 7.05 Å². The first-order chi connectivity index (χ1) is 4.25. The highest BCUT2D eigenvalue weighted by atomic mass is 127. The van der Waals surface area contributed by atoms with Gasteiger partial charge in [0.25, 0.3) is 0 Å². The number of hydrogen-bond donors (Lipinski definition) is 0. The van der Waals surface area contributed by atoms with Crippen LogP contribution in [0.25, 0.3) is 0 Å². The van der Waals surface area contributed by atoms with Gasteiger partial charge in [-0.25, -0.2) is 4.98 Å². The standard InChI is InChI=1S/C5H7IN2O/c1-8-3-7-4(6)5(8)9-2/h3H,1-2H3. The second kappa shape index (κ2) is 2.55. The first-order valence-corrected chi connectivity index (χ1v) is 3.54. The molecule has 0 spiro atoms. The van der Waals surface area contributed by atoms with Crippen LogP contribution in [-0.4, -0.2) is 16.7 Å². The van der Waals surface area contributed by atoms with E-state index in [1.807, 2.05) is 11.6 Å². The van der Waals surface area contributed by atoms with E-state index in [0.29, 0.717) is 0 Å². The van der Waals surface area contributed by atoms with Gasteiger partial charge < -0.3 is 9.30 Å². The van der Waals surface area contributed by atoms with E-state index in [1.54, 1.807) is 13.4 Å². The molecule has 1 aromatic heterocycles. The van der Waals surface area contributed by atoms with Crippen molar-refractivity contribution in [2.24, 2.45) is 7.05 Å². The summed E-state index contributed by atoms with van der Waals surface area (Å²) in [6.45, 7) is 0. The first kappa shape index (κ1) is 6.85. The van der Waals surface area contributed by atoms with Crippen molar-refractivity contribution in [1.82, 2.24) is 9.55 Å². The van der Waals surface area contributed by atoms with Crippen molar-refractivity contribution in [3.63, 3.8) is 0 Å². The Morgan fingerprint density at radius 3 is 2.67 bits per heavy atom. The number of halogens is 1. The normalized spacial score (nSPS) is 9.67. The Morgan fingerprint density at radius 2 is 2.44 bits per heavy atom.